The van der Waals surface area contributed by atoms with Crippen LogP contribution in [0.25, 0.3) is 0 Å². The minimum Gasteiger partial charge on any atom is -0.505 e. The quantitative estimate of drug-likeness (QED) is 0.774. The molecule has 0 saturated carbocycles. The molecule has 1 heterocycles. The molecule has 0 atom stereocenters. The average Bonchev–Trinajstić information content (AvgIpc) is 2.05. The Bertz CT molecular complexity index is 539. The summed E-state index contributed by atoms with van der Waals surface area (Å²) in [4.78, 5) is 11.4. The average molecular weight is 260 g/mol. The number of aromatic amines is 1. The molecule has 0 aliphatic carbocycles. The first kappa shape index (κ1) is 11.9. The van der Waals surface area contributed by atoms with E-state index in [0.29, 0.717) is 6.20 Å². The van der Waals surface area contributed by atoms with Crippen molar-refractivity contribution in [1.29, 1.82) is 0 Å². The predicted octanol–water partition coefficient (Wildman–Crippen LogP) is 0.946. The van der Waals surface area contributed by atoms with E-state index in [1.54, 1.807) is 4.98 Å². The molecule has 1 aromatic rings. The molecule has 1 rings (SSSR count). The fourth-order valence-electron chi connectivity index (χ4n) is 0.973. The highest BCUT2D eigenvalue weighted by atomic mass is 35.7. The molecule has 84 valence electrons. The highest BCUT2D eigenvalue weighted by Crippen LogP contribution is 2.31. The van der Waals surface area contributed by atoms with Crippen LogP contribution in [0, 0.1) is 0 Å². The summed E-state index contributed by atoms with van der Waals surface area (Å²) in [7, 11) is 0.202. The first-order valence-electron chi connectivity index (χ1n) is 3.42. The van der Waals surface area contributed by atoms with Crippen molar-refractivity contribution >= 4 is 19.7 Å². The fraction of sp³-hybridized carbons (Fsp3) is 0.167. The maximum absolute atomic E-state index is 12.3. The fourth-order valence-corrected chi connectivity index (χ4v) is 2.21. The van der Waals surface area contributed by atoms with Gasteiger partial charge in [0, 0.05) is 16.9 Å². The maximum atomic E-state index is 12.3. The summed E-state index contributed by atoms with van der Waals surface area (Å²) < 4.78 is 46.4. The second-order valence-electron chi connectivity index (χ2n) is 2.48. The zero-order valence-corrected chi connectivity index (χ0v) is 8.44. The summed E-state index contributed by atoms with van der Waals surface area (Å²) >= 11 is 0. The number of hydrogen-bond donors (Lipinski definition) is 2. The van der Waals surface area contributed by atoms with E-state index < -0.39 is 37.2 Å². The van der Waals surface area contributed by atoms with Crippen molar-refractivity contribution in [2.45, 2.75) is 11.3 Å². The number of nitrogens with one attached hydrogen (secondary N) is 1. The number of H-pyrrole nitrogens is 1. The van der Waals surface area contributed by atoms with Crippen LogP contribution in [0.15, 0.2) is 15.9 Å². The Morgan fingerprint density at radius 3 is 2.33 bits per heavy atom. The number of alkyl halides is 2. The third-order valence-corrected chi connectivity index (χ3v) is 2.90. The van der Waals surface area contributed by atoms with E-state index in [9.17, 15) is 22.0 Å². The van der Waals surface area contributed by atoms with Gasteiger partial charge in [0.25, 0.3) is 21.0 Å². The molecular weight excluding hydrogens is 256 g/mol. The molecule has 0 radical (unpaired) electrons. The van der Waals surface area contributed by atoms with E-state index >= 15 is 0 Å². The standard InChI is InChI=1S/C6H4ClF2NO4S/c7-15(13,14)4-2(11)1-10-6(12)3(4)5(8)9/h1,5,11H,(H,10,12). The number of rotatable bonds is 2. The Morgan fingerprint density at radius 1 is 1.47 bits per heavy atom. The molecule has 5 nitrogen and oxygen atoms in total. The Hall–Kier alpha value is -1.15. The molecule has 0 aliphatic rings. The molecular formula is C6H4ClF2NO4S. The van der Waals surface area contributed by atoms with Crippen LogP contribution >= 0.6 is 10.7 Å². The van der Waals surface area contributed by atoms with Gasteiger partial charge in [-0.25, -0.2) is 17.2 Å². The number of pyridine rings is 1. The molecule has 0 amide bonds. The molecule has 0 aromatic carbocycles. The second kappa shape index (κ2) is 3.78. The zero-order valence-electron chi connectivity index (χ0n) is 6.87. The highest BCUT2D eigenvalue weighted by Gasteiger charge is 2.28. The van der Waals surface area contributed by atoms with E-state index in [1.165, 1.54) is 0 Å². The summed E-state index contributed by atoms with van der Waals surface area (Å²) in [5.41, 5.74) is -2.69. The third kappa shape index (κ3) is 2.26. The predicted molar refractivity (Wildman–Crippen MR) is 46.7 cm³/mol. The van der Waals surface area contributed by atoms with Crippen LogP contribution in [0.4, 0.5) is 8.78 Å². The van der Waals surface area contributed by atoms with Gasteiger partial charge >= 0.3 is 0 Å². The van der Waals surface area contributed by atoms with Crippen LogP contribution in [0.2, 0.25) is 0 Å². The molecule has 15 heavy (non-hydrogen) atoms. The lowest BCUT2D eigenvalue weighted by molar-refractivity contribution is 0.145. The molecule has 1 aromatic heterocycles. The molecule has 0 saturated heterocycles. The molecule has 0 bridgehead atoms. The van der Waals surface area contributed by atoms with Crippen molar-refractivity contribution < 1.29 is 22.3 Å². The highest BCUT2D eigenvalue weighted by molar-refractivity contribution is 8.13. The molecule has 0 spiro atoms. The van der Waals surface area contributed by atoms with Crippen LogP contribution in [0.3, 0.4) is 0 Å². The molecule has 2 N–H and O–H groups in total. The van der Waals surface area contributed by atoms with Gasteiger partial charge in [-0.1, -0.05) is 0 Å². The van der Waals surface area contributed by atoms with Crippen molar-refractivity contribution in [3.8, 4) is 5.75 Å². The summed E-state index contributed by atoms with van der Waals surface area (Å²) in [6, 6.07) is 0. The van der Waals surface area contributed by atoms with Gasteiger partial charge in [0.05, 0.1) is 0 Å². The normalized spacial score (nSPS) is 12.0. The maximum Gasteiger partial charge on any atom is 0.270 e. The monoisotopic (exact) mass is 259 g/mol. The number of hydrogen-bond acceptors (Lipinski definition) is 4. The first-order valence-corrected chi connectivity index (χ1v) is 5.73. The molecule has 0 aliphatic heterocycles. The van der Waals surface area contributed by atoms with Gasteiger partial charge in [-0.15, -0.1) is 0 Å². The number of aromatic nitrogens is 1. The van der Waals surface area contributed by atoms with Crippen molar-refractivity contribution in [2.75, 3.05) is 0 Å². The van der Waals surface area contributed by atoms with E-state index in [-0.39, 0.29) is 0 Å². The Morgan fingerprint density at radius 2 is 2.00 bits per heavy atom. The summed E-state index contributed by atoms with van der Waals surface area (Å²) in [5, 5.41) is 9.03. The van der Waals surface area contributed by atoms with E-state index in [2.05, 4.69) is 0 Å². The zero-order chi connectivity index (χ0) is 11.8. The van der Waals surface area contributed by atoms with Gasteiger partial charge in [-0.05, 0) is 0 Å². The summed E-state index contributed by atoms with van der Waals surface area (Å²) in [6.45, 7) is 0. The topological polar surface area (TPSA) is 87.2 Å². The lowest BCUT2D eigenvalue weighted by atomic mass is 10.3. The van der Waals surface area contributed by atoms with Gasteiger partial charge in [0.1, 0.15) is 10.5 Å². The van der Waals surface area contributed by atoms with Crippen LogP contribution in [-0.2, 0) is 9.05 Å². The first-order chi connectivity index (χ1) is 6.75. The summed E-state index contributed by atoms with van der Waals surface area (Å²) in [5.74, 6) is -1.03. The van der Waals surface area contributed by atoms with Crippen LogP contribution in [0.1, 0.15) is 12.0 Å². The minimum atomic E-state index is -4.61. The van der Waals surface area contributed by atoms with Gasteiger partial charge in [-0.3, -0.25) is 4.79 Å². The largest absolute Gasteiger partial charge is 0.505 e. The van der Waals surface area contributed by atoms with Crippen LogP contribution < -0.4 is 5.56 Å². The minimum absolute atomic E-state index is 0.573. The number of halogens is 3. The van der Waals surface area contributed by atoms with Crippen molar-refractivity contribution in [1.82, 2.24) is 4.98 Å². The Kier molecular flexibility index (Phi) is 3.00. The van der Waals surface area contributed by atoms with Gasteiger partial charge < -0.3 is 10.1 Å². The Balaban J connectivity index is 3.77. The van der Waals surface area contributed by atoms with Crippen molar-refractivity contribution in [2.24, 2.45) is 0 Å². The van der Waals surface area contributed by atoms with Gasteiger partial charge in [-0.2, -0.15) is 0 Å². The third-order valence-electron chi connectivity index (χ3n) is 1.52. The van der Waals surface area contributed by atoms with E-state index in [4.69, 9.17) is 15.8 Å². The summed E-state index contributed by atoms with van der Waals surface area (Å²) in [6.07, 6.45) is -2.78. The van der Waals surface area contributed by atoms with E-state index in [0.717, 1.165) is 0 Å². The second-order valence-corrected chi connectivity index (χ2v) is 4.99. The smallest absolute Gasteiger partial charge is 0.270 e. The van der Waals surface area contributed by atoms with E-state index in [1.807, 2.05) is 0 Å². The Labute approximate surface area is 86.7 Å². The molecule has 9 heteroatoms. The lowest BCUT2D eigenvalue weighted by Crippen LogP contribution is -2.16. The SMILES string of the molecule is O=c1[nH]cc(O)c(S(=O)(=O)Cl)c1C(F)F. The van der Waals surface area contributed by atoms with Gasteiger partial charge in [0.2, 0.25) is 0 Å². The van der Waals surface area contributed by atoms with Crippen molar-refractivity contribution in [3.63, 3.8) is 0 Å². The number of aromatic hydroxyl groups is 1. The van der Waals surface area contributed by atoms with Gasteiger partial charge in [0.15, 0.2) is 5.75 Å². The lowest BCUT2D eigenvalue weighted by Gasteiger charge is -2.05. The van der Waals surface area contributed by atoms with Crippen LogP contribution in [-0.4, -0.2) is 18.5 Å². The van der Waals surface area contributed by atoms with Crippen molar-refractivity contribution in [3.05, 3.63) is 22.1 Å². The molecule has 0 fully saturated rings. The van der Waals surface area contributed by atoms with Crippen LogP contribution in [0.5, 0.6) is 5.75 Å². The molecule has 0 unspecified atom stereocenters.